The van der Waals surface area contributed by atoms with Gasteiger partial charge in [-0.1, -0.05) is 12.1 Å². The molecule has 2 heterocycles. The zero-order valence-corrected chi connectivity index (χ0v) is 15.0. The smallest absolute Gasteiger partial charge is 0.322 e. The lowest BCUT2D eigenvalue weighted by atomic mass is 10.3. The molecule has 0 unspecified atom stereocenters. The molecule has 1 saturated heterocycles. The Morgan fingerprint density at radius 2 is 2.04 bits per heavy atom. The van der Waals surface area contributed by atoms with Gasteiger partial charge in [0.2, 0.25) is 0 Å². The second kappa shape index (κ2) is 8.68. The van der Waals surface area contributed by atoms with Crippen LogP contribution in [0.4, 0.5) is 15.6 Å². The first kappa shape index (κ1) is 17.5. The van der Waals surface area contributed by atoms with E-state index >= 15 is 0 Å². The van der Waals surface area contributed by atoms with Crippen molar-refractivity contribution in [3.8, 4) is 5.75 Å². The van der Waals surface area contributed by atoms with Crippen LogP contribution in [0.3, 0.4) is 0 Å². The van der Waals surface area contributed by atoms with Gasteiger partial charge >= 0.3 is 6.03 Å². The topological polar surface area (TPSA) is 66.9 Å². The molecule has 1 aliphatic rings. The van der Waals surface area contributed by atoms with Gasteiger partial charge < -0.3 is 24.6 Å². The first-order valence-corrected chi connectivity index (χ1v) is 9.07. The lowest BCUT2D eigenvalue weighted by Crippen LogP contribution is -2.50. The van der Waals surface area contributed by atoms with Gasteiger partial charge in [0.25, 0.3) is 0 Å². The summed E-state index contributed by atoms with van der Waals surface area (Å²) in [5.74, 6) is 0.648. The molecule has 25 heavy (non-hydrogen) atoms. The number of carbonyl (C=O) groups is 1. The molecule has 2 aromatic rings. The first-order valence-electron chi connectivity index (χ1n) is 8.19. The molecule has 1 aromatic carbocycles. The summed E-state index contributed by atoms with van der Waals surface area (Å²) in [5.41, 5.74) is 0.672. The third kappa shape index (κ3) is 4.61. The van der Waals surface area contributed by atoms with Crippen molar-refractivity contribution in [2.45, 2.75) is 0 Å². The molecule has 0 spiro atoms. The van der Waals surface area contributed by atoms with Gasteiger partial charge in [-0.15, -0.1) is 11.3 Å². The van der Waals surface area contributed by atoms with E-state index in [1.807, 2.05) is 34.5 Å². The van der Waals surface area contributed by atoms with E-state index in [9.17, 15) is 4.79 Å². The molecule has 0 atom stereocenters. The standard InChI is InChI=1S/C17H22N4O3S/c1-23-11-12-24-15-5-3-2-4-14(15)19-16(22)20-7-9-21(10-8-20)17-18-6-13-25-17/h2-6,13H,7-12H2,1H3,(H,19,22). The molecule has 0 saturated carbocycles. The molecule has 8 heteroatoms. The number of carbonyl (C=O) groups excluding carboxylic acids is 1. The molecule has 0 bridgehead atoms. The highest BCUT2D eigenvalue weighted by atomic mass is 32.1. The van der Waals surface area contributed by atoms with Gasteiger partial charge in [-0.25, -0.2) is 9.78 Å². The summed E-state index contributed by atoms with van der Waals surface area (Å²) >= 11 is 1.62. The van der Waals surface area contributed by atoms with E-state index in [0.717, 1.165) is 18.2 Å². The Labute approximate surface area is 151 Å². The maximum Gasteiger partial charge on any atom is 0.322 e. The van der Waals surface area contributed by atoms with Crippen molar-refractivity contribution < 1.29 is 14.3 Å². The van der Waals surface area contributed by atoms with Crippen molar-refractivity contribution in [3.05, 3.63) is 35.8 Å². The zero-order valence-electron chi connectivity index (χ0n) is 14.2. The number of urea groups is 1. The number of benzene rings is 1. The number of nitrogens with zero attached hydrogens (tertiary/aromatic N) is 3. The van der Waals surface area contributed by atoms with E-state index in [1.54, 1.807) is 24.6 Å². The number of hydrogen-bond donors (Lipinski definition) is 1. The van der Waals surface area contributed by atoms with Gasteiger partial charge in [0.15, 0.2) is 5.13 Å². The Kier molecular flexibility index (Phi) is 6.08. The molecular formula is C17H22N4O3S. The summed E-state index contributed by atoms with van der Waals surface area (Å²) in [5, 5.41) is 5.92. The number of ether oxygens (including phenoxy) is 2. The van der Waals surface area contributed by atoms with Crippen LogP contribution in [0.1, 0.15) is 0 Å². The number of thiazole rings is 1. The second-order valence-corrected chi connectivity index (χ2v) is 6.43. The zero-order chi connectivity index (χ0) is 17.5. The average Bonchev–Trinajstić information content (AvgIpc) is 3.18. The van der Waals surface area contributed by atoms with Gasteiger partial charge in [-0.2, -0.15) is 0 Å². The van der Waals surface area contributed by atoms with Gasteiger partial charge in [-0.3, -0.25) is 0 Å². The number of piperazine rings is 1. The van der Waals surface area contributed by atoms with Crippen LogP contribution in [0, 0.1) is 0 Å². The normalized spacial score (nSPS) is 14.4. The number of methoxy groups -OCH3 is 1. The molecule has 1 aliphatic heterocycles. The lowest BCUT2D eigenvalue weighted by Gasteiger charge is -2.34. The Bertz CT molecular complexity index is 672. The average molecular weight is 362 g/mol. The minimum Gasteiger partial charge on any atom is -0.489 e. The van der Waals surface area contributed by atoms with Gasteiger partial charge in [0.05, 0.1) is 12.3 Å². The van der Waals surface area contributed by atoms with Crippen molar-refractivity contribution in [3.63, 3.8) is 0 Å². The molecule has 1 fully saturated rings. The Morgan fingerprint density at radius 3 is 2.76 bits per heavy atom. The van der Waals surface area contributed by atoms with Gasteiger partial charge in [0.1, 0.15) is 12.4 Å². The van der Waals surface area contributed by atoms with Crippen molar-refractivity contribution >= 4 is 28.2 Å². The third-order valence-corrected chi connectivity index (χ3v) is 4.76. The second-order valence-electron chi connectivity index (χ2n) is 5.56. The molecule has 0 radical (unpaired) electrons. The summed E-state index contributed by atoms with van der Waals surface area (Å²) in [6.45, 7) is 3.84. The fraction of sp³-hybridized carbons (Fsp3) is 0.412. The van der Waals surface area contributed by atoms with Crippen molar-refractivity contribution in [2.24, 2.45) is 0 Å². The Hall–Kier alpha value is -2.32. The van der Waals surface area contributed by atoms with Crippen LogP contribution in [0.15, 0.2) is 35.8 Å². The number of amides is 2. The highest BCUT2D eigenvalue weighted by Crippen LogP contribution is 2.24. The molecule has 7 nitrogen and oxygen atoms in total. The molecular weight excluding hydrogens is 340 g/mol. The van der Waals surface area contributed by atoms with Crippen LogP contribution >= 0.6 is 11.3 Å². The highest BCUT2D eigenvalue weighted by Gasteiger charge is 2.23. The molecule has 2 amide bonds. The summed E-state index contributed by atoms with van der Waals surface area (Å²) in [6, 6.07) is 7.32. The van der Waals surface area contributed by atoms with Gasteiger partial charge in [-0.05, 0) is 12.1 Å². The van der Waals surface area contributed by atoms with E-state index < -0.39 is 0 Å². The molecule has 3 rings (SSSR count). The number of para-hydroxylation sites is 2. The molecule has 0 aliphatic carbocycles. The largest absolute Gasteiger partial charge is 0.489 e. The van der Waals surface area contributed by atoms with E-state index in [4.69, 9.17) is 9.47 Å². The van der Waals surface area contributed by atoms with Crippen molar-refractivity contribution in [1.29, 1.82) is 0 Å². The monoisotopic (exact) mass is 362 g/mol. The molecule has 134 valence electrons. The highest BCUT2D eigenvalue weighted by molar-refractivity contribution is 7.13. The number of aromatic nitrogens is 1. The summed E-state index contributed by atoms with van der Waals surface area (Å²) in [7, 11) is 1.63. The summed E-state index contributed by atoms with van der Waals surface area (Å²) in [6.07, 6.45) is 1.81. The van der Waals surface area contributed by atoms with E-state index in [1.165, 1.54) is 0 Å². The predicted octanol–water partition coefficient (Wildman–Crippen LogP) is 2.52. The SMILES string of the molecule is COCCOc1ccccc1NC(=O)N1CCN(c2nccs2)CC1. The lowest BCUT2D eigenvalue weighted by molar-refractivity contribution is 0.146. The maximum absolute atomic E-state index is 12.5. The van der Waals surface area contributed by atoms with E-state index in [2.05, 4.69) is 15.2 Å². The minimum atomic E-state index is -0.110. The fourth-order valence-electron chi connectivity index (χ4n) is 2.60. The molecule has 1 N–H and O–H groups in total. The van der Waals surface area contributed by atoms with Gasteiger partial charge in [0, 0.05) is 44.9 Å². The summed E-state index contributed by atoms with van der Waals surface area (Å²) < 4.78 is 10.6. The minimum absolute atomic E-state index is 0.110. The van der Waals surface area contributed by atoms with E-state index in [-0.39, 0.29) is 6.03 Å². The maximum atomic E-state index is 12.5. The van der Waals surface area contributed by atoms with Crippen LogP contribution in [0.2, 0.25) is 0 Å². The van der Waals surface area contributed by atoms with E-state index in [0.29, 0.717) is 37.7 Å². The number of anilines is 2. The number of nitrogens with one attached hydrogen (secondary N) is 1. The predicted molar refractivity (Wildman–Crippen MR) is 98.7 cm³/mol. The quantitative estimate of drug-likeness (QED) is 0.800. The van der Waals surface area contributed by atoms with Crippen LogP contribution < -0.4 is 15.0 Å². The fourth-order valence-corrected chi connectivity index (χ4v) is 3.29. The summed E-state index contributed by atoms with van der Waals surface area (Å²) in [4.78, 5) is 20.9. The van der Waals surface area contributed by atoms with Crippen LogP contribution in [0.5, 0.6) is 5.75 Å². The van der Waals surface area contributed by atoms with Crippen LogP contribution in [-0.2, 0) is 4.74 Å². The Morgan fingerprint density at radius 1 is 1.24 bits per heavy atom. The third-order valence-electron chi connectivity index (χ3n) is 3.93. The Balaban J connectivity index is 1.54. The molecule has 1 aromatic heterocycles. The van der Waals surface area contributed by atoms with Crippen molar-refractivity contribution in [2.75, 3.05) is 56.7 Å². The number of rotatable bonds is 6. The van der Waals surface area contributed by atoms with Crippen LogP contribution in [0.25, 0.3) is 0 Å². The van der Waals surface area contributed by atoms with Crippen LogP contribution in [-0.4, -0.2) is 62.4 Å². The first-order chi connectivity index (χ1) is 12.3. The van der Waals surface area contributed by atoms with Crippen molar-refractivity contribution in [1.82, 2.24) is 9.88 Å². The number of hydrogen-bond acceptors (Lipinski definition) is 6.